The van der Waals surface area contributed by atoms with E-state index >= 15 is 0 Å². The van der Waals surface area contributed by atoms with Crippen LogP contribution in [0.3, 0.4) is 0 Å². The third-order valence-corrected chi connectivity index (χ3v) is 4.20. The van der Waals surface area contributed by atoms with Gasteiger partial charge in [0.05, 0.1) is 24.5 Å². The molecule has 0 aliphatic rings. The van der Waals surface area contributed by atoms with Gasteiger partial charge in [0, 0.05) is 20.1 Å². The minimum atomic E-state index is -0.501. The summed E-state index contributed by atoms with van der Waals surface area (Å²) >= 11 is 0. The fraction of sp³-hybridized carbons (Fsp3) is 0.500. The van der Waals surface area contributed by atoms with Gasteiger partial charge in [-0.25, -0.2) is 4.68 Å². The summed E-state index contributed by atoms with van der Waals surface area (Å²) in [6, 6.07) is 8.04. The molecule has 0 radical (unpaired) electrons. The summed E-state index contributed by atoms with van der Waals surface area (Å²) in [5.41, 5.74) is 4.19. The second kappa shape index (κ2) is 7.62. The molecule has 0 fully saturated rings. The summed E-state index contributed by atoms with van der Waals surface area (Å²) in [6.07, 6.45) is -0.501. The number of methoxy groups -OCH3 is 1. The topological polar surface area (TPSA) is 50.5 Å². The Balaban J connectivity index is 2.10. The largest absolute Gasteiger partial charge is 0.481 e. The minimum Gasteiger partial charge on any atom is -0.481 e. The second-order valence-corrected chi connectivity index (χ2v) is 5.95. The molecule has 1 unspecified atom stereocenters. The Hall–Kier alpha value is -1.85. The summed E-state index contributed by atoms with van der Waals surface area (Å²) in [7, 11) is 3.55. The van der Waals surface area contributed by atoms with Crippen molar-refractivity contribution in [3.63, 3.8) is 0 Å². The van der Waals surface area contributed by atoms with Crippen LogP contribution < -0.4 is 4.74 Å². The van der Waals surface area contributed by atoms with Crippen molar-refractivity contribution in [2.24, 2.45) is 7.05 Å². The molecule has 23 heavy (non-hydrogen) atoms. The smallest absolute Gasteiger partial charge is 0.216 e. The van der Waals surface area contributed by atoms with Gasteiger partial charge in [-0.2, -0.15) is 5.10 Å². The zero-order valence-electron chi connectivity index (χ0n) is 14.7. The normalized spacial score (nSPS) is 12.7. The van der Waals surface area contributed by atoms with Crippen molar-refractivity contribution >= 4 is 0 Å². The van der Waals surface area contributed by atoms with Crippen molar-refractivity contribution in [1.82, 2.24) is 14.7 Å². The quantitative estimate of drug-likeness (QED) is 0.853. The Kier molecular flexibility index (Phi) is 5.80. The molecule has 1 aromatic carbocycles. The van der Waals surface area contributed by atoms with Gasteiger partial charge in [-0.05, 0) is 26.0 Å². The Morgan fingerprint density at radius 2 is 1.91 bits per heavy atom. The van der Waals surface area contributed by atoms with Crippen molar-refractivity contribution in [2.45, 2.75) is 33.4 Å². The van der Waals surface area contributed by atoms with E-state index < -0.39 is 6.10 Å². The highest BCUT2D eigenvalue weighted by Crippen LogP contribution is 2.24. The number of aryl methyl sites for hydroxylation is 3. The number of aromatic nitrogens is 2. The average Bonchev–Trinajstić information content (AvgIpc) is 2.80. The molecular weight excluding hydrogens is 290 g/mol. The summed E-state index contributed by atoms with van der Waals surface area (Å²) in [6.45, 7) is 8.27. The maximum atomic E-state index is 10.5. The van der Waals surface area contributed by atoms with Crippen LogP contribution in [0.4, 0.5) is 0 Å². The lowest BCUT2D eigenvalue weighted by molar-refractivity contribution is 0.111. The van der Waals surface area contributed by atoms with E-state index in [9.17, 15) is 5.11 Å². The van der Waals surface area contributed by atoms with Gasteiger partial charge >= 0.3 is 0 Å². The van der Waals surface area contributed by atoms with Gasteiger partial charge in [-0.15, -0.1) is 0 Å². The lowest BCUT2D eigenvalue weighted by atomic mass is 10.1. The Labute approximate surface area is 138 Å². The van der Waals surface area contributed by atoms with Crippen LogP contribution in [0.25, 0.3) is 0 Å². The number of benzene rings is 1. The number of ether oxygens (including phenoxy) is 1. The summed E-state index contributed by atoms with van der Waals surface area (Å²) in [5.74, 6) is 0.783. The fourth-order valence-electron chi connectivity index (χ4n) is 2.79. The number of hydrogen-bond acceptors (Lipinski definition) is 4. The first kappa shape index (κ1) is 17.5. The zero-order chi connectivity index (χ0) is 17.0. The average molecular weight is 317 g/mol. The van der Waals surface area contributed by atoms with Crippen LogP contribution in [0.2, 0.25) is 0 Å². The van der Waals surface area contributed by atoms with Gasteiger partial charge in [0.1, 0.15) is 0 Å². The zero-order valence-corrected chi connectivity index (χ0v) is 14.7. The molecule has 0 saturated carbocycles. The molecular formula is C18H27N3O2. The molecule has 1 atom stereocenters. The number of hydrogen-bond donors (Lipinski definition) is 1. The molecule has 0 saturated heterocycles. The van der Waals surface area contributed by atoms with E-state index in [1.54, 1.807) is 11.8 Å². The lowest BCUT2D eigenvalue weighted by Gasteiger charge is -2.24. The van der Waals surface area contributed by atoms with E-state index in [4.69, 9.17) is 4.74 Å². The Morgan fingerprint density at radius 3 is 2.48 bits per heavy atom. The van der Waals surface area contributed by atoms with Crippen molar-refractivity contribution in [2.75, 3.05) is 20.2 Å². The number of aliphatic hydroxyl groups excluding tert-OH is 1. The van der Waals surface area contributed by atoms with Crippen LogP contribution >= 0.6 is 0 Å². The third-order valence-electron chi connectivity index (χ3n) is 4.20. The van der Waals surface area contributed by atoms with E-state index in [0.717, 1.165) is 29.2 Å². The molecule has 2 rings (SSSR count). The predicted octanol–water partition coefficient (Wildman–Crippen LogP) is 2.60. The molecule has 5 nitrogen and oxygen atoms in total. The molecule has 1 heterocycles. The van der Waals surface area contributed by atoms with Gasteiger partial charge < -0.3 is 9.84 Å². The predicted molar refractivity (Wildman–Crippen MR) is 91.6 cm³/mol. The monoisotopic (exact) mass is 317 g/mol. The molecule has 0 spiro atoms. The molecule has 1 aromatic heterocycles. The first-order valence-electron chi connectivity index (χ1n) is 7.99. The van der Waals surface area contributed by atoms with E-state index in [0.29, 0.717) is 13.1 Å². The molecule has 0 aliphatic carbocycles. The van der Waals surface area contributed by atoms with E-state index in [1.165, 1.54) is 5.56 Å². The van der Waals surface area contributed by atoms with Crippen LogP contribution in [0.1, 0.15) is 35.4 Å². The van der Waals surface area contributed by atoms with Crippen LogP contribution in [0.15, 0.2) is 24.3 Å². The van der Waals surface area contributed by atoms with Gasteiger partial charge in [0.15, 0.2) is 0 Å². The van der Waals surface area contributed by atoms with Crippen molar-refractivity contribution in [3.05, 3.63) is 46.6 Å². The van der Waals surface area contributed by atoms with Crippen LogP contribution in [-0.4, -0.2) is 40.0 Å². The standard InChI is InChI=1S/C18H27N3O2/c1-6-21(11-16-14(3)19-20(4)18(16)23-5)12-17(22)15-9-7-13(2)8-10-15/h7-10,17,22H,6,11-12H2,1-5H3. The Morgan fingerprint density at radius 1 is 1.26 bits per heavy atom. The minimum absolute atomic E-state index is 0.501. The maximum absolute atomic E-state index is 10.5. The van der Waals surface area contributed by atoms with Gasteiger partial charge in [-0.1, -0.05) is 36.8 Å². The van der Waals surface area contributed by atoms with Gasteiger partial charge in [-0.3, -0.25) is 4.90 Å². The highest BCUT2D eigenvalue weighted by Gasteiger charge is 2.19. The second-order valence-electron chi connectivity index (χ2n) is 5.95. The highest BCUT2D eigenvalue weighted by atomic mass is 16.5. The maximum Gasteiger partial charge on any atom is 0.216 e. The van der Waals surface area contributed by atoms with Crippen LogP contribution in [0, 0.1) is 13.8 Å². The molecule has 0 aliphatic heterocycles. The fourth-order valence-corrected chi connectivity index (χ4v) is 2.79. The summed E-state index contributed by atoms with van der Waals surface area (Å²) in [5, 5.41) is 14.9. The van der Waals surface area contributed by atoms with E-state index in [1.807, 2.05) is 45.2 Å². The first-order chi connectivity index (χ1) is 11.0. The van der Waals surface area contributed by atoms with Crippen LogP contribution in [-0.2, 0) is 13.6 Å². The van der Waals surface area contributed by atoms with Gasteiger partial charge in [0.2, 0.25) is 5.88 Å². The van der Waals surface area contributed by atoms with Crippen molar-refractivity contribution in [3.8, 4) is 5.88 Å². The lowest BCUT2D eigenvalue weighted by Crippen LogP contribution is -2.28. The highest BCUT2D eigenvalue weighted by molar-refractivity contribution is 5.31. The molecule has 2 aromatic rings. The summed E-state index contributed by atoms with van der Waals surface area (Å²) < 4.78 is 7.22. The van der Waals surface area contributed by atoms with E-state index in [-0.39, 0.29) is 0 Å². The molecule has 5 heteroatoms. The number of nitrogens with zero attached hydrogens (tertiary/aromatic N) is 3. The Bertz CT molecular complexity index is 634. The number of likely N-dealkylation sites (N-methyl/N-ethyl adjacent to an activating group) is 1. The summed E-state index contributed by atoms with van der Waals surface area (Å²) in [4.78, 5) is 2.21. The molecule has 0 bridgehead atoms. The molecule has 1 N–H and O–H groups in total. The number of aliphatic hydroxyl groups is 1. The molecule has 126 valence electrons. The van der Waals surface area contributed by atoms with Gasteiger partial charge in [0.25, 0.3) is 0 Å². The molecule has 0 amide bonds. The van der Waals surface area contributed by atoms with Crippen molar-refractivity contribution in [1.29, 1.82) is 0 Å². The first-order valence-corrected chi connectivity index (χ1v) is 7.99. The van der Waals surface area contributed by atoms with Crippen molar-refractivity contribution < 1.29 is 9.84 Å². The van der Waals surface area contributed by atoms with Crippen LogP contribution in [0.5, 0.6) is 5.88 Å². The third kappa shape index (κ3) is 4.12. The SMILES string of the molecule is CCN(Cc1c(C)nn(C)c1OC)CC(O)c1ccc(C)cc1. The number of rotatable bonds is 7. The van der Waals surface area contributed by atoms with E-state index in [2.05, 4.69) is 16.9 Å².